The second-order valence-electron chi connectivity index (χ2n) is 5.76. The summed E-state index contributed by atoms with van der Waals surface area (Å²) in [5.41, 5.74) is 7.33. The molecule has 0 aromatic carbocycles. The quantitative estimate of drug-likeness (QED) is 0.757. The normalized spacial score (nSPS) is 29.7. The molecule has 0 saturated heterocycles. The van der Waals surface area contributed by atoms with E-state index in [-0.39, 0.29) is 5.91 Å². The van der Waals surface area contributed by atoms with E-state index in [0.29, 0.717) is 17.3 Å². The molecule has 18 heavy (non-hydrogen) atoms. The van der Waals surface area contributed by atoms with Crippen LogP contribution in [0, 0.1) is 24.7 Å². The van der Waals surface area contributed by atoms with Crippen molar-refractivity contribution in [2.75, 3.05) is 12.3 Å². The monoisotopic (exact) mass is 248 g/mol. The van der Waals surface area contributed by atoms with Gasteiger partial charge in [0.2, 0.25) is 0 Å². The average Bonchev–Trinajstić information content (AvgIpc) is 3.04. The summed E-state index contributed by atoms with van der Waals surface area (Å²) in [6.07, 6.45) is 5.37. The van der Waals surface area contributed by atoms with Gasteiger partial charge in [0.15, 0.2) is 5.69 Å². The molecule has 0 spiro atoms. The Morgan fingerprint density at radius 2 is 2.33 bits per heavy atom. The third-order valence-corrected chi connectivity index (χ3v) is 4.62. The molecule has 3 atom stereocenters. The number of carbonyl (C=O) groups excluding carboxylic acids is 1. The van der Waals surface area contributed by atoms with Gasteiger partial charge < -0.3 is 11.1 Å². The van der Waals surface area contributed by atoms with Gasteiger partial charge in [0.25, 0.3) is 5.91 Å². The summed E-state index contributed by atoms with van der Waals surface area (Å²) < 4.78 is 0. The molecule has 5 heteroatoms. The highest BCUT2D eigenvalue weighted by molar-refractivity contribution is 5.97. The van der Waals surface area contributed by atoms with E-state index in [1.54, 1.807) is 0 Å². The molecule has 1 heterocycles. The molecule has 0 radical (unpaired) electrons. The molecular formula is C13H20N4O. The fourth-order valence-electron chi connectivity index (χ4n) is 3.54. The molecule has 2 bridgehead atoms. The first-order valence-electron chi connectivity index (χ1n) is 6.73. The van der Waals surface area contributed by atoms with Gasteiger partial charge in [-0.2, -0.15) is 5.10 Å². The zero-order valence-electron chi connectivity index (χ0n) is 10.7. The maximum Gasteiger partial charge on any atom is 0.273 e. The third kappa shape index (κ3) is 1.87. The Bertz CT molecular complexity index is 468. The Labute approximate surface area is 107 Å². The van der Waals surface area contributed by atoms with Crippen LogP contribution in [0.2, 0.25) is 0 Å². The van der Waals surface area contributed by atoms with Crippen molar-refractivity contribution < 1.29 is 4.79 Å². The Morgan fingerprint density at radius 1 is 1.50 bits per heavy atom. The summed E-state index contributed by atoms with van der Waals surface area (Å²) in [4.78, 5) is 12.0. The molecule has 4 N–H and O–H groups in total. The molecule has 1 amide bonds. The Hall–Kier alpha value is -1.52. The number of fused-ring (bicyclic) bond motifs is 2. The van der Waals surface area contributed by atoms with Crippen LogP contribution in [-0.4, -0.2) is 22.6 Å². The molecule has 2 saturated carbocycles. The average molecular weight is 248 g/mol. The van der Waals surface area contributed by atoms with E-state index in [9.17, 15) is 4.79 Å². The number of nitrogens with two attached hydrogens (primary N) is 1. The number of anilines is 1. The van der Waals surface area contributed by atoms with Crippen LogP contribution in [0.5, 0.6) is 0 Å². The standard InChI is InChI=1S/C13H20N4O/c1-7-11(14)12(17-16-7)13(18)15-6-10-5-8-2-3-9(10)4-8/h8-10H,2-6,14H2,1H3,(H,15,18)(H,16,17). The van der Waals surface area contributed by atoms with Crippen LogP contribution >= 0.6 is 0 Å². The lowest BCUT2D eigenvalue weighted by atomic mass is 9.89. The van der Waals surface area contributed by atoms with E-state index in [1.807, 2.05) is 6.92 Å². The molecule has 1 aromatic heterocycles. The van der Waals surface area contributed by atoms with Crippen molar-refractivity contribution >= 4 is 11.6 Å². The number of amides is 1. The van der Waals surface area contributed by atoms with Gasteiger partial charge in [-0.1, -0.05) is 6.42 Å². The topological polar surface area (TPSA) is 83.8 Å². The highest BCUT2D eigenvalue weighted by Gasteiger charge is 2.39. The van der Waals surface area contributed by atoms with E-state index in [1.165, 1.54) is 25.7 Å². The lowest BCUT2D eigenvalue weighted by Gasteiger charge is -2.21. The second kappa shape index (κ2) is 4.30. The first-order chi connectivity index (χ1) is 8.65. The number of aryl methyl sites for hydroxylation is 1. The SMILES string of the molecule is Cc1[nH]nc(C(=O)NCC2CC3CCC2C3)c1N. The Morgan fingerprint density at radius 3 is 2.89 bits per heavy atom. The van der Waals surface area contributed by atoms with Crippen molar-refractivity contribution in [2.24, 2.45) is 17.8 Å². The van der Waals surface area contributed by atoms with Gasteiger partial charge in [0, 0.05) is 6.54 Å². The summed E-state index contributed by atoms with van der Waals surface area (Å²) in [5.74, 6) is 2.25. The van der Waals surface area contributed by atoms with Crippen molar-refractivity contribution in [1.82, 2.24) is 15.5 Å². The number of aromatic nitrogens is 2. The van der Waals surface area contributed by atoms with Crippen LogP contribution in [0.15, 0.2) is 0 Å². The van der Waals surface area contributed by atoms with E-state index >= 15 is 0 Å². The minimum Gasteiger partial charge on any atom is -0.395 e. The lowest BCUT2D eigenvalue weighted by molar-refractivity contribution is 0.0937. The third-order valence-electron chi connectivity index (χ3n) is 4.62. The molecule has 2 aliphatic rings. The maximum absolute atomic E-state index is 12.0. The first kappa shape index (κ1) is 11.6. The van der Waals surface area contributed by atoms with Gasteiger partial charge in [-0.05, 0) is 43.9 Å². The first-order valence-corrected chi connectivity index (χ1v) is 6.73. The van der Waals surface area contributed by atoms with Crippen molar-refractivity contribution in [3.8, 4) is 0 Å². The van der Waals surface area contributed by atoms with E-state index in [2.05, 4.69) is 15.5 Å². The van der Waals surface area contributed by atoms with Crippen molar-refractivity contribution in [2.45, 2.75) is 32.6 Å². The number of hydrogen-bond acceptors (Lipinski definition) is 3. The van der Waals surface area contributed by atoms with Crippen molar-refractivity contribution in [3.05, 3.63) is 11.4 Å². The van der Waals surface area contributed by atoms with Gasteiger partial charge in [0.1, 0.15) is 0 Å². The molecule has 2 fully saturated rings. The highest BCUT2D eigenvalue weighted by atomic mass is 16.1. The van der Waals surface area contributed by atoms with Gasteiger partial charge in [-0.25, -0.2) is 0 Å². The number of rotatable bonds is 3. The zero-order chi connectivity index (χ0) is 12.7. The number of nitrogens with zero attached hydrogens (tertiary/aromatic N) is 1. The Balaban J connectivity index is 1.57. The summed E-state index contributed by atoms with van der Waals surface area (Å²) in [6.45, 7) is 2.58. The van der Waals surface area contributed by atoms with Gasteiger partial charge in [-0.15, -0.1) is 0 Å². The molecule has 3 unspecified atom stereocenters. The number of aromatic amines is 1. The van der Waals surface area contributed by atoms with Gasteiger partial charge >= 0.3 is 0 Å². The fourth-order valence-corrected chi connectivity index (χ4v) is 3.54. The molecule has 1 aromatic rings. The van der Waals surface area contributed by atoms with Gasteiger partial charge in [-0.3, -0.25) is 9.89 Å². The molecule has 0 aliphatic heterocycles. The molecular weight excluding hydrogens is 228 g/mol. The minimum absolute atomic E-state index is 0.153. The van der Waals surface area contributed by atoms with Crippen LogP contribution in [0.1, 0.15) is 41.9 Å². The summed E-state index contributed by atoms with van der Waals surface area (Å²) >= 11 is 0. The summed E-state index contributed by atoms with van der Waals surface area (Å²) in [7, 11) is 0. The number of nitrogens with one attached hydrogen (secondary N) is 2. The zero-order valence-corrected chi connectivity index (χ0v) is 10.7. The van der Waals surface area contributed by atoms with Crippen molar-refractivity contribution in [1.29, 1.82) is 0 Å². The van der Waals surface area contributed by atoms with Gasteiger partial charge in [0.05, 0.1) is 11.4 Å². The van der Waals surface area contributed by atoms with E-state index in [4.69, 9.17) is 5.73 Å². The lowest BCUT2D eigenvalue weighted by Crippen LogP contribution is -2.32. The van der Waals surface area contributed by atoms with E-state index in [0.717, 1.165) is 24.1 Å². The molecule has 5 nitrogen and oxygen atoms in total. The second-order valence-corrected chi connectivity index (χ2v) is 5.76. The van der Waals surface area contributed by atoms with Crippen LogP contribution in [0.25, 0.3) is 0 Å². The Kier molecular flexibility index (Phi) is 2.76. The molecule has 3 rings (SSSR count). The van der Waals surface area contributed by atoms with Crippen LogP contribution in [0.4, 0.5) is 5.69 Å². The smallest absolute Gasteiger partial charge is 0.273 e. The van der Waals surface area contributed by atoms with Crippen LogP contribution in [-0.2, 0) is 0 Å². The van der Waals surface area contributed by atoms with Crippen LogP contribution < -0.4 is 11.1 Å². The van der Waals surface area contributed by atoms with E-state index < -0.39 is 0 Å². The summed E-state index contributed by atoms with van der Waals surface area (Å²) in [6, 6.07) is 0. The summed E-state index contributed by atoms with van der Waals surface area (Å²) in [5, 5.41) is 9.66. The largest absolute Gasteiger partial charge is 0.395 e. The predicted molar refractivity (Wildman–Crippen MR) is 69.0 cm³/mol. The number of carbonyl (C=O) groups is 1. The molecule has 2 aliphatic carbocycles. The highest BCUT2D eigenvalue weighted by Crippen LogP contribution is 2.47. The maximum atomic E-state index is 12.0. The molecule has 98 valence electrons. The van der Waals surface area contributed by atoms with Crippen LogP contribution in [0.3, 0.4) is 0 Å². The number of hydrogen-bond donors (Lipinski definition) is 3. The number of H-pyrrole nitrogens is 1. The number of nitrogen functional groups attached to an aromatic ring is 1. The predicted octanol–water partition coefficient (Wildman–Crippen LogP) is 1.47. The fraction of sp³-hybridized carbons (Fsp3) is 0.692. The minimum atomic E-state index is -0.153. The van der Waals surface area contributed by atoms with Crippen molar-refractivity contribution in [3.63, 3.8) is 0 Å².